The van der Waals surface area contributed by atoms with Gasteiger partial charge in [0.05, 0.1) is 7.11 Å². The molecule has 0 aliphatic rings. The first-order valence-electron chi connectivity index (χ1n) is 6.50. The summed E-state index contributed by atoms with van der Waals surface area (Å²) < 4.78 is 4.66. The van der Waals surface area contributed by atoms with Crippen molar-refractivity contribution in [3.8, 4) is 0 Å². The van der Waals surface area contributed by atoms with Crippen LogP contribution in [0.2, 0.25) is 0 Å². The number of esters is 1. The molecule has 2 heterocycles. The van der Waals surface area contributed by atoms with Gasteiger partial charge in [0.25, 0.3) is 0 Å². The third-order valence-electron chi connectivity index (χ3n) is 3.17. The highest BCUT2D eigenvalue weighted by molar-refractivity contribution is 7.12. The molecular formula is C15H13N3O3S. The van der Waals surface area contributed by atoms with Gasteiger partial charge in [0.1, 0.15) is 17.5 Å². The minimum absolute atomic E-state index is 0.230. The molecule has 22 heavy (non-hydrogen) atoms. The number of para-hydroxylation sites is 1. The number of nitrogens with zero attached hydrogens (tertiary/aromatic N) is 2. The van der Waals surface area contributed by atoms with Crippen LogP contribution in [0.1, 0.15) is 21.1 Å². The van der Waals surface area contributed by atoms with Crippen LogP contribution in [-0.2, 0) is 4.74 Å². The second-order valence-corrected chi connectivity index (χ2v) is 5.28. The fourth-order valence-electron chi connectivity index (χ4n) is 2.19. The van der Waals surface area contributed by atoms with Crippen molar-refractivity contribution in [1.29, 1.82) is 0 Å². The zero-order valence-electron chi connectivity index (χ0n) is 11.7. The summed E-state index contributed by atoms with van der Waals surface area (Å²) in [6, 6.07) is 7.78. The third-order valence-corrected chi connectivity index (χ3v) is 4.02. The number of carbonyl (C=O) groups excluding carboxylic acids is 1. The standard InChI is InChI=1S/C15H13N3O3S/c1-21-15(20)12-7-22-14(18-12)13(17-8-19)10-6-16-11-5-3-2-4-9(10)11/h2-7,16,19H,8H2,1H3/b17-13+. The van der Waals surface area contributed by atoms with Crippen LogP contribution in [0.25, 0.3) is 10.9 Å². The maximum absolute atomic E-state index is 11.5. The van der Waals surface area contributed by atoms with Gasteiger partial charge in [-0.2, -0.15) is 0 Å². The van der Waals surface area contributed by atoms with E-state index in [1.54, 1.807) is 5.38 Å². The fraction of sp³-hybridized carbons (Fsp3) is 0.133. The highest BCUT2D eigenvalue weighted by Gasteiger charge is 2.18. The molecule has 0 spiro atoms. The van der Waals surface area contributed by atoms with E-state index in [1.165, 1.54) is 18.4 Å². The molecule has 7 heteroatoms. The molecule has 0 atom stereocenters. The van der Waals surface area contributed by atoms with E-state index in [9.17, 15) is 9.90 Å². The van der Waals surface area contributed by atoms with Gasteiger partial charge in [-0.3, -0.25) is 4.99 Å². The summed E-state index contributed by atoms with van der Waals surface area (Å²) >= 11 is 1.28. The average molecular weight is 315 g/mol. The Balaban J connectivity index is 2.09. The number of aliphatic hydroxyl groups excluding tert-OH is 1. The predicted molar refractivity (Wildman–Crippen MR) is 84.5 cm³/mol. The monoisotopic (exact) mass is 315 g/mol. The van der Waals surface area contributed by atoms with E-state index in [1.807, 2.05) is 30.5 Å². The van der Waals surface area contributed by atoms with Crippen molar-refractivity contribution in [2.45, 2.75) is 0 Å². The Kier molecular flexibility index (Phi) is 3.99. The summed E-state index contributed by atoms with van der Waals surface area (Å²) in [5.41, 5.74) is 2.57. The van der Waals surface area contributed by atoms with Gasteiger partial charge in [-0.25, -0.2) is 9.78 Å². The van der Waals surface area contributed by atoms with E-state index in [-0.39, 0.29) is 12.4 Å². The van der Waals surface area contributed by atoms with E-state index in [2.05, 4.69) is 19.7 Å². The van der Waals surface area contributed by atoms with E-state index in [0.717, 1.165) is 16.5 Å². The van der Waals surface area contributed by atoms with Crippen LogP contribution < -0.4 is 0 Å². The van der Waals surface area contributed by atoms with E-state index >= 15 is 0 Å². The summed E-state index contributed by atoms with van der Waals surface area (Å²) in [5, 5.41) is 12.4. The number of H-pyrrole nitrogens is 1. The van der Waals surface area contributed by atoms with Crippen molar-refractivity contribution in [1.82, 2.24) is 9.97 Å². The largest absolute Gasteiger partial charge is 0.464 e. The number of aliphatic hydroxyl groups is 1. The number of methoxy groups -OCH3 is 1. The Hall–Kier alpha value is -2.51. The lowest BCUT2D eigenvalue weighted by Gasteiger charge is -2.01. The van der Waals surface area contributed by atoms with Crippen molar-refractivity contribution < 1.29 is 14.6 Å². The number of fused-ring (bicyclic) bond motifs is 1. The average Bonchev–Trinajstić information content (AvgIpc) is 3.19. The lowest BCUT2D eigenvalue weighted by molar-refractivity contribution is 0.0595. The SMILES string of the molecule is COC(=O)c1csc(/C(=N/CO)c2c[nH]c3ccccc23)n1. The number of hydrogen-bond acceptors (Lipinski definition) is 6. The number of rotatable bonds is 4. The molecule has 1 aromatic carbocycles. The summed E-state index contributed by atoms with van der Waals surface area (Å²) in [7, 11) is 1.31. The minimum atomic E-state index is -0.496. The molecule has 0 saturated heterocycles. The molecule has 0 aliphatic carbocycles. The maximum atomic E-state index is 11.5. The molecule has 0 fully saturated rings. The zero-order chi connectivity index (χ0) is 15.5. The van der Waals surface area contributed by atoms with Crippen molar-refractivity contribution in [3.63, 3.8) is 0 Å². The van der Waals surface area contributed by atoms with Gasteiger partial charge in [0, 0.05) is 28.0 Å². The van der Waals surface area contributed by atoms with Crippen LogP contribution in [0, 0.1) is 0 Å². The Morgan fingerprint density at radius 1 is 1.45 bits per heavy atom. The van der Waals surface area contributed by atoms with Crippen LogP contribution in [0.3, 0.4) is 0 Å². The zero-order valence-corrected chi connectivity index (χ0v) is 12.6. The first kappa shape index (κ1) is 14.4. The molecule has 0 radical (unpaired) electrons. The number of aliphatic imine (C=N–C) groups is 1. The van der Waals surface area contributed by atoms with Gasteiger partial charge in [-0.05, 0) is 6.07 Å². The van der Waals surface area contributed by atoms with Gasteiger partial charge in [0.2, 0.25) is 0 Å². The second-order valence-electron chi connectivity index (χ2n) is 4.43. The first-order valence-corrected chi connectivity index (χ1v) is 7.38. The maximum Gasteiger partial charge on any atom is 0.357 e. The topological polar surface area (TPSA) is 87.6 Å². The molecule has 0 aliphatic heterocycles. The van der Waals surface area contributed by atoms with Gasteiger partial charge >= 0.3 is 5.97 Å². The molecule has 0 unspecified atom stereocenters. The van der Waals surface area contributed by atoms with Crippen LogP contribution >= 0.6 is 11.3 Å². The molecule has 0 bridgehead atoms. The van der Waals surface area contributed by atoms with E-state index in [4.69, 9.17) is 0 Å². The highest BCUT2D eigenvalue weighted by atomic mass is 32.1. The Morgan fingerprint density at radius 3 is 3.05 bits per heavy atom. The van der Waals surface area contributed by atoms with Crippen LogP contribution in [-0.4, -0.2) is 40.6 Å². The normalized spacial score (nSPS) is 11.8. The Labute approximate surface area is 130 Å². The van der Waals surface area contributed by atoms with Crippen molar-refractivity contribution in [2.75, 3.05) is 13.8 Å². The molecular weight excluding hydrogens is 302 g/mol. The van der Waals surface area contributed by atoms with Gasteiger partial charge in [-0.1, -0.05) is 18.2 Å². The molecule has 0 saturated carbocycles. The van der Waals surface area contributed by atoms with Crippen LogP contribution in [0.15, 0.2) is 40.8 Å². The summed E-state index contributed by atoms with van der Waals surface area (Å²) in [6.45, 7) is -0.359. The number of nitrogens with one attached hydrogen (secondary N) is 1. The van der Waals surface area contributed by atoms with Crippen molar-refractivity contribution in [2.24, 2.45) is 4.99 Å². The Bertz CT molecular complexity index is 850. The number of aromatic nitrogens is 2. The molecule has 0 amide bonds. The number of ether oxygens (including phenoxy) is 1. The number of thiazole rings is 1. The van der Waals surface area contributed by atoms with E-state index < -0.39 is 5.97 Å². The van der Waals surface area contributed by atoms with Crippen molar-refractivity contribution >= 4 is 33.9 Å². The predicted octanol–water partition coefficient (Wildman–Crippen LogP) is 2.20. The van der Waals surface area contributed by atoms with Gasteiger partial charge in [-0.15, -0.1) is 11.3 Å². The summed E-state index contributed by atoms with van der Waals surface area (Å²) in [4.78, 5) is 23.1. The molecule has 6 nitrogen and oxygen atoms in total. The van der Waals surface area contributed by atoms with Crippen molar-refractivity contribution in [3.05, 3.63) is 52.1 Å². The number of aromatic amines is 1. The number of carbonyl (C=O) groups is 1. The minimum Gasteiger partial charge on any atom is -0.464 e. The van der Waals surface area contributed by atoms with Gasteiger partial charge < -0.3 is 14.8 Å². The number of benzene rings is 1. The smallest absolute Gasteiger partial charge is 0.357 e. The second kappa shape index (κ2) is 6.08. The number of hydrogen-bond donors (Lipinski definition) is 2. The fourth-order valence-corrected chi connectivity index (χ4v) is 3.00. The van der Waals surface area contributed by atoms with Crippen LogP contribution in [0.5, 0.6) is 0 Å². The first-order chi connectivity index (χ1) is 10.7. The quantitative estimate of drug-likeness (QED) is 0.571. The molecule has 112 valence electrons. The summed E-state index contributed by atoms with van der Waals surface area (Å²) in [6.07, 6.45) is 1.82. The highest BCUT2D eigenvalue weighted by Crippen LogP contribution is 2.23. The van der Waals surface area contributed by atoms with Gasteiger partial charge in [0.15, 0.2) is 5.69 Å². The molecule has 2 aromatic heterocycles. The molecule has 3 rings (SSSR count). The van der Waals surface area contributed by atoms with E-state index in [0.29, 0.717) is 10.7 Å². The summed E-state index contributed by atoms with van der Waals surface area (Å²) in [5.74, 6) is -0.496. The van der Waals surface area contributed by atoms with Crippen LogP contribution in [0.4, 0.5) is 0 Å². The molecule has 3 aromatic rings. The molecule has 2 N–H and O–H groups in total. The lowest BCUT2D eigenvalue weighted by Crippen LogP contribution is -2.06. The third kappa shape index (κ3) is 2.51. The lowest BCUT2D eigenvalue weighted by atomic mass is 10.1. The Morgan fingerprint density at radius 2 is 2.27 bits per heavy atom.